The van der Waals surface area contributed by atoms with Crippen molar-refractivity contribution in [2.75, 3.05) is 19.5 Å². The van der Waals surface area contributed by atoms with Gasteiger partial charge >= 0.3 is 11.9 Å². The van der Waals surface area contributed by atoms with Gasteiger partial charge in [-0.1, -0.05) is 0 Å². The van der Waals surface area contributed by atoms with Gasteiger partial charge < -0.3 is 14.8 Å². The third-order valence-corrected chi connectivity index (χ3v) is 4.97. The summed E-state index contributed by atoms with van der Waals surface area (Å²) < 4.78 is 11.2. The molecule has 2 rings (SSSR count). The number of carbonyl (C=O) groups is 3. The topological polar surface area (TPSA) is 99.5 Å². The third-order valence-electron chi connectivity index (χ3n) is 3.78. The molecule has 0 saturated heterocycles. The monoisotopic (exact) mass is 365 g/mol. The summed E-state index contributed by atoms with van der Waals surface area (Å²) in [6.07, 6.45) is 1.47. The highest BCUT2D eigenvalue weighted by Crippen LogP contribution is 2.34. The molecule has 0 saturated carbocycles. The molecular weight excluding hydrogens is 346 g/mol. The van der Waals surface area contributed by atoms with E-state index in [0.717, 1.165) is 11.3 Å². The van der Waals surface area contributed by atoms with Crippen molar-refractivity contribution in [3.63, 3.8) is 0 Å². The first-order valence-corrected chi connectivity index (χ1v) is 8.31. The minimum absolute atomic E-state index is 0.141. The van der Waals surface area contributed by atoms with Crippen LogP contribution in [0.3, 0.4) is 0 Å². The Morgan fingerprint density at radius 3 is 2.36 bits per heavy atom. The molecule has 0 radical (unpaired) electrons. The Balaban J connectivity index is 2.43. The van der Waals surface area contributed by atoms with Gasteiger partial charge in [-0.25, -0.2) is 9.59 Å². The number of nitrogens with one attached hydrogen (secondary N) is 1. The van der Waals surface area contributed by atoms with E-state index < -0.39 is 17.8 Å². The Kier molecular flexibility index (Phi) is 5.58. The zero-order chi connectivity index (χ0) is 18.7. The van der Waals surface area contributed by atoms with E-state index in [2.05, 4.69) is 10.4 Å². The third kappa shape index (κ3) is 3.41. The van der Waals surface area contributed by atoms with E-state index in [1.807, 2.05) is 6.92 Å². The quantitative estimate of drug-likeness (QED) is 0.817. The number of hydrogen-bond acceptors (Lipinski definition) is 7. The predicted octanol–water partition coefficient (Wildman–Crippen LogP) is 2.41. The summed E-state index contributed by atoms with van der Waals surface area (Å²) in [5, 5.41) is 7.04. The molecule has 1 N–H and O–H groups in total. The highest BCUT2D eigenvalue weighted by molar-refractivity contribution is 7.18. The Hall–Kier alpha value is -2.68. The average Bonchev–Trinajstić information content (AvgIpc) is 3.13. The zero-order valence-corrected chi connectivity index (χ0v) is 15.4. The lowest BCUT2D eigenvalue weighted by atomic mass is 10.1. The molecule has 1 amide bonds. The van der Waals surface area contributed by atoms with Crippen molar-refractivity contribution in [3.8, 4) is 0 Å². The van der Waals surface area contributed by atoms with Crippen LogP contribution in [-0.2, 0) is 16.0 Å². The van der Waals surface area contributed by atoms with Gasteiger partial charge in [0.05, 0.1) is 31.5 Å². The Bertz CT molecular complexity index is 837. The first-order chi connectivity index (χ1) is 11.8. The molecule has 134 valence electrons. The van der Waals surface area contributed by atoms with Crippen molar-refractivity contribution in [3.05, 3.63) is 33.5 Å². The van der Waals surface area contributed by atoms with Gasteiger partial charge in [0.15, 0.2) is 0 Å². The van der Waals surface area contributed by atoms with Gasteiger partial charge in [-0.2, -0.15) is 5.10 Å². The number of hydrogen-bond donors (Lipinski definition) is 1. The SMILES string of the molecule is CCn1ncc(C(=O)Nc2sc(C(=O)OC)c(C)c2C(=O)OC)c1C. The molecule has 0 atom stereocenters. The molecule has 2 aromatic heterocycles. The summed E-state index contributed by atoms with van der Waals surface area (Å²) in [4.78, 5) is 36.7. The van der Waals surface area contributed by atoms with E-state index in [0.29, 0.717) is 23.4 Å². The molecule has 2 aromatic rings. The fraction of sp³-hybridized carbons (Fsp3) is 0.375. The first kappa shape index (κ1) is 18.7. The molecule has 0 bridgehead atoms. The number of nitrogens with zero attached hydrogens (tertiary/aromatic N) is 2. The lowest BCUT2D eigenvalue weighted by Crippen LogP contribution is -2.15. The van der Waals surface area contributed by atoms with E-state index in [1.54, 1.807) is 18.5 Å². The second kappa shape index (κ2) is 7.47. The molecule has 25 heavy (non-hydrogen) atoms. The van der Waals surface area contributed by atoms with Crippen LogP contribution in [0.4, 0.5) is 5.00 Å². The average molecular weight is 365 g/mol. The van der Waals surface area contributed by atoms with Gasteiger partial charge in [-0.15, -0.1) is 11.3 Å². The smallest absolute Gasteiger partial charge is 0.348 e. The van der Waals surface area contributed by atoms with Crippen LogP contribution in [0, 0.1) is 13.8 Å². The minimum Gasteiger partial charge on any atom is -0.465 e. The van der Waals surface area contributed by atoms with Crippen LogP contribution in [-0.4, -0.2) is 41.8 Å². The summed E-state index contributed by atoms with van der Waals surface area (Å²) in [6.45, 7) is 5.94. The fourth-order valence-corrected chi connectivity index (χ4v) is 3.50. The Labute approximate surface area is 148 Å². The minimum atomic E-state index is -0.639. The molecule has 0 aromatic carbocycles. The molecule has 0 fully saturated rings. The van der Waals surface area contributed by atoms with E-state index in [-0.39, 0.29) is 15.4 Å². The number of aryl methyl sites for hydroxylation is 1. The summed E-state index contributed by atoms with van der Waals surface area (Å²) in [6, 6.07) is 0. The van der Waals surface area contributed by atoms with Gasteiger partial charge in [0, 0.05) is 12.2 Å². The van der Waals surface area contributed by atoms with Crippen molar-refractivity contribution in [1.29, 1.82) is 0 Å². The zero-order valence-electron chi connectivity index (χ0n) is 14.6. The van der Waals surface area contributed by atoms with E-state index >= 15 is 0 Å². The largest absolute Gasteiger partial charge is 0.465 e. The van der Waals surface area contributed by atoms with Crippen molar-refractivity contribution >= 4 is 34.2 Å². The summed E-state index contributed by atoms with van der Waals surface area (Å²) >= 11 is 0.969. The van der Waals surface area contributed by atoms with Crippen LogP contribution in [0.25, 0.3) is 0 Å². The van der Waals surface area contributed by atoms with Gasteiger partial charge in [-0.05, 0) is 26.3 Å². The van der Waals surface area contributed by atoms with Crippen molar-refractivity contribution in [2.45, 2.75) is 27.3 Å². The van der Waals surface area contributed by atoms with Crippen molar-refractivity contribution in [2.24, 2.45) is 0 Å². The molecule has 0 aliphatic heterocycles. The summed E-state index contributed by atoms with van der Waals surface area (Å²) in [7, 11) is 2.48. The van der Waals surface area contributed by atoms with Crippen molar-refractivity contribution < 1.29 is 23.9 Å². The first-order valence-electron chi connectivity index (χ1n) is 7.49. The maximum Gasteiger partial charge on any atom is 0.348 e. The maximum absolute atomic E-state index is 12.6. The highest BCUT2D eigenvalue weighted by Gasteiger charge is 2.27. The Morgan fingerprint density at radius 1 is 1.20 bits per heavy atom. The maximum atomic E-state index is 12.6. The van der Waals surface area contributed by atoms with Crippen LogP contribution in [0.2, 0.25) is 0 Å². The van der Waals surface area contributed by atoms with E-state index in [4.69, 9.17) is 9.47 Å². The number of carbonyl (C=O) groups excluding carboxylic acids is 3. The number of aromatic nitrogens is 2. The number of thiophene rings is 1. The van der Waals surface area contributed by atoms with Crippen LogP contribution in [0.1, 0.15) is 48.6 Å². The second-order valence-corrected chi connectivity index (χ2v) is 6.18. The Morgan fingerprint density at radius 2 is 1.84 bits per heavy atom. The van der Waals surface area contributed by atoms with Gasteiger partial charge in [-0.3, -0.25) is 9.48 Å². The molecule has 2 heterocycles. The van der Waals surface area contributed by atoms with Crippen LogP contribution < -0.4 is 5.32 Å². The van der Waals surface area contributed by atoms with E-state index in [9.17, 15) is 14.4 Å². The molecule has 9 heteroatoms. The highest BCUT2D eigenvalue weighted by atomic mass is 32.1. The van der Waals surface area contributed by atoms with Gasteiger partial charge in [0.2, 0.25) is 0 Å². The van der Waals surface area contributed by atoms with E-state index in [1.165, 1.54) is 20.4 Å². The standard InChI is InChI=1S/C16H19N3O5S/c1-6-19-9(3)10(7-17-19)13(20)18-14-11(15(21)23-4)8(2)12(25-14)16(22)24-5/h7H,6H2,1-5H3,(H,18,20). The predicted molar refractivity (Wildman–Crippen MR) is 92.3 cm³/mol. The second-order valence-electron chi connectivity index (χ2n) is 5.16. The van der Waals surface area contributed by atoms with Crippen LogP contribution >= 0.6 is 11.3 Å². The summed E-state index contributed by atoms with van der Waals surface area (Å²) in [5.41, 5.74) is 1.64. The van der Waals surface area contributed by atoms with Crippen molar-refractivity contribution in [1.82, 2.24) is 9.78 Å². The molecule has 0 unspecified atom stereocenters. The van der Waals surface area contributed by atoms with Crippen LogP contribution in [0.5, 0.6) is 0 Å². The number of ether oxygens (including phenoxy) is 2. The lowest BCUT2D eigenvalue weighted by Gasteiger charge is -2.06. The van der Waals surface area contributed by atoms with Crippen LogP contribution in [0.15, 0.2) is 6.20 Å². The number of amides is 1. The number of anilines is 1. The van der Waals surface area contributed by atoms with Gasteiger partial charge in [0.1, 0.15) is 9.88 Å². The summed E-state index contributed by atoms with van der Waals surface area (Å²) in [5.74, 6) is -1.64. The number of methoxy groups -OCH3 is 2. The number of esters is 2. The normalized spacial score (nSPS) is 10.4. The fourth-order valence-electron chi connectivity index (χ4n) is 2.40. The van der Waals surface area contributed by atoms with Gasteiger partial charge in [0.25, 0.3) is 5.91 Å². The molecule has 0 spiro atoms. The molecule has 0 aliphatic rings. The molecular formula is C16H19N3O5S. The molecule has 8 nitrogen and oxygen atoms in total. The lowest BCUT2D eigenvalue weighted by molar-refractivity contribution is 0.0601. The molecule has 0 aliphatic carbocycles. The number of rotatable bonds is 5.